The van der Waals surface area contributed by atoms with Crippen molar-refractivity contribution in [1.82, 2.24) is 15.2 Å². The Morgan fingerprint density at radius 2 is 1.60 bits per heavy atom. The van der Waals surface area contributed by atoms with Gasteiger partial charge in [-0.3, -0.25) is 20.0 Å². The summed E-state index contributed by atoms with van der Waals surface area (Å²) in [4.78, 5) is 47.4. The number of anilines is 4. The lowest BCUT2D eigenvalue weighted by Crippen LogP contribution is -2.37. The first-order chi connectivity index (χ1) is 22.5. The quantitative estimate of drug-likeness (QED) is 0.173. The zero-order valence-electron chi connectivity index (χ0n) is 28.0. The minimum Gasteiger partial charge on any atom is -0.444 e. The molecule has 1 aliphatic heterocycles. The van der Waals surface area contributed by atoms with Crippen LogP contribution in [0.4, 0.5) is 32.3 Å². The van der Waals surface area contributed by atoms with Crippen LogP contribution in [0.25, 0.3) is 0 Å². The van der Waals surface area contributed by atoms with Crippen molar-refractivity contribution in [3.05, 3.63) is 78.1 Å². The van der Waals surface area contributed by atoms with Crippen LogP contribution in [0.1, 0.15) is 62.1 Å². The number of rotatable bonds is 12. The molecule has 1 saturated heterocycles. The Morgan fingerprint density at radius 3 is 2.21 bits per heavy atom. The summed E-state index contributed by atoms with van der Waals surface area (Å²) < 4.78 is 10.8. The number of carbonyl (C=O) groups is 3. The molecule has 0 spiro atoms. The van der Waals surface area contributed by atoms with Gasteiger partial charge >= 0.3 is 12.1 Å². The lowest BCUT2D eigenvalue weighted by Gasteiger charge is -2.26. The number of para-hydroxylation sites is 2. The van der Waals surface area contributed by atoms with Gasteiger partial charge in [0.15, 0.2) is 0 Å². The Morgan fingerprint density at radius 1 is 0.915 bits per heavy atom. The Labute approximate surface area is 277 Å². The maximum Gasteiger partial charge on any atom is 0.412 e. The number of pyridine rings is 1. The highest BCUT2D eigenvalue weighted by molar-refractivity contribution is 6.05. The summed E-state index contributed by atoms with van der Waals surface area (Å²) in [6, 6.07) is 17.3. The van der Waals surface area contributed by atoms with Crippen LogP contribution in [0.15, 0.2) is 66.9 Å². The van der Waals surface area contributed by atoms with Crippen LogP contribution in [-0.2, 0) is 9.47 Å². The van der Waals surface area contributed by atoms with Crippen molar-refractivity contribution in [3.8, 4) is 0 Å². The molecule has 252 valence electrons. The lowest BCUT2D eigenvalue weighted by molar-refractivity contribution is 0.0370. The molecule has 1 unspecified atom stereocenters. The third-order valence-electron chi connectivity index (χ3n) is 7.50. The van der Waals surface area contributed by atoms with E-state index in [1.165, 1.54) is 0 Å². The van der Waals surface area contributed by atoms with Gasteiger partial charge in [0, 0.05) is 44.8 Å². The van der Waals surface area contributed by atoms with Crippen LogP contribution in [0.3, 0.4) is 0 Å². The number of hydrogen-bond acceptors (Lipinski definition) is 8. The van der Waals surface area contributed by atoms with Crippen molar-refractivity contribution >= 4 is 40.8 Å². The molecule has 4 N–H and O–H groups in total. The van der Waals surface area contributed by atoms with Gasteiger partial charge in [-0.05, 0) is 94.6 Å². The SMILES string of the molecule is CN(C)c1ccc(NC(=O)NC(CCCCN2CCOCC2)c2ccc(C(=O)Nc3ccccc3NC(=O)OC(C)(C)C)nc2)cc1. The molecule has 1 fully saturated rings. The second-order valence-corrected chi connectivity index (χ2v) is 12.6. The third kappa shape index (κ3) is 11.6. The number of urea groups is 1. The van der Waals surface area contributed by atoms with Crippen molar-refractivity contribution < 1.29 is 23.9 Å². The average Bonchev–Trinajstić information content (AvgIpc) is 3.03. The van der Waals surface area contributed by atoms with Gasteiger partial charge in [-0.25, -0.2) is 9.59 Å². The highest BCUT2D eigenvalue weighted by atomic mass is 16.6. The smallest absolute Gasteiger partial charge is 0.412 e. The van der Waals surface area contributed by atoms with E-state index in [2.05, 4.69) is 31.2 Å². The molecule has 0 aliphatic carbocycles. The zero-order valence-corrected chi connectivity index (χ0v) is 28.0. The van der Waals surface area contributed by atoms with Crippen molar-refractivity contribution in [2.45, 2.75) is 51.7 Å². The van der Waals surface area contributed by atoms with Gasteiger partial charge in [0.25, 0.3) is 5.91 Å². The minimum atomic E-state index is -0.665. The number of carbonyl (C=O) groups excluding carboxylic acids is 3. The number of benzene rings is 2. The molecule has 2 aromatic carbocycles. The number of nitrogens with one attached hydrogen (secondary N) is 4. The van der Waals surface area contributed by atoms with Gasteiger partial charge in [0.05, 0.1) is 30.6 Å². The predicted molar refractivity (Wildman–Crippen MR) is 185 cm³/mol. The maximum atomic E-state index is 13.2. The second-order valence-electron chi connectivity index (χ2n) is 12.6. The Hall–Kier alpha value is -4.68. The second kappa shape index (κ2) is 16.8. The zero-order chi connectivity index (χ0) is 33.8. The summed E-state index contributed by atoms with van der Waals surface area (Å²) in [6.07, 6.45) is 3.58. The van der Waals surface area contributed by atoms with Crippen molar-refractivity contribution in [3.63, 3.8) is 0 Å². The van der Waals surface area contributed by atoms with Crippen molar-refractivity contribution in [2.24, 2.45) is 0 Å². The summed E-state index contributed by atoms with van der Waals surface area (Å²) in [6.45, 7) is 9.70. The molecule has 0 bridgehead atoms. The van der Waals surface area contributed by atoms with E-state index >= 15 is 0 Å². The Bertz CT molecular complexity index is 1470. The molecular weight excluding hydrogens is 598 g/mol. The first kappa shape index (κ1) is 35.2. The van der Waals surface area contributed by atoms with Crippen molar-refractivity contribution in [2.75, 3.05) is 67.8 Å². The fourth-order valence-electron chi connectivity index (χ4n) is 5.05. The van der Waals surface area contributed by atoms with Gasteiger partial charge in [0.1, 0.15) is 11.3 Å². The van der Waals surface area contributed by atoms with Crippen LogP contribution in [-0.4, -0.2) is 80.5 Å². The highest BCUT2D eigenvalue weighted by Crippen LogP contribution is 2.24. The fraction of sp³-hybridized carbons (Fsp3) is 0.429. The molecule has 1 aromatic heterocycles. The van der Waals surface area contributed by atoms with E-state index < -0.39 is 17.6 Å². The van der Waals surface area contributed by atoms with Crippen molar-refractivity contribution in [1.29, 1.82) is 0 Å². The molecule has 12 heteroatoms. The number of nitrogens with zero attached hydrogens (tertiary/aromatic N) is 3. The van der Waals surface area contributed by atoms with Crippen LogP contribution < -0.4 is 26.2 Å². The first-order valence-corrected chi connectivity index (χ1v) is 16.0. The average molecular weight is 646 g/mol. The normalized spacial score (nSPS) is 14.1. The van der Waals surface area contributed by atoms with Gasteiger partial charge in [-0.1, -0.05) is 18.2 Å². The Kier molecular flexibility index (Phi) is 12.5. The lowest BCUT2D eigenvalue weighted by atomic mass is 10.0. The summed E-state index contributed by atoms with van der Waals surface area (Å²) in [5, 5.41) is 11.5. The number of ether oxygens (including phenoxy) is 2. The summed E-state index contributed by atoms with van der Waals surface area (Å²) in [5.41, 5.74) is 2.84. The van der Waals surface area contributed by atoms with Gasteiger partial charge in [-0.15, -0.1) is 0 Å². The molecule has 0 radical (unpaired) electrons. The van der Waals surface area contributed by atoms with E-state index in [-0.39, 0.29) is 17.8 Å². The van der Waals surface area contributed by atoms with Crippen LogP contribution in [0.2, 0.25) is 0 Å². The van der Waals surface area contributed by atoms with E-state index in [9.17, 15) is 14.4 Å². The molecule has 4 amide bonds. The Balaban J connectivity index is 1.41. The van der Waals surface area contributed by atoms with Crippen LogP contribution >= 0.6 is 0 Å². The molecule has 2 heterocycles. The maximum absolute atomic E-state index is 13.2. The third-order valence-corrected chi connectivity index (χ3v) is 7.50. The van der Waals surface area contributed by atoms with E-state index in [0.29, 0.717) is 23.5 Å². The molecule has 1 aliphatic rings. The highest BCUT2D eigenvalue weighted by Gasteiger charge is 2.20. The largest absolute Gasteiger partial charge is 0.444 e. The van der Waals surface area contributed by atoms with E-state index in [4.69, 9.17) is 9.47 Å². The van der Waals surface area contributed by atoms with Gasteiger partial charge in [-0.2, -0.15) is 0 Å². The molecule has 12 nitrogen and oxygen atoms in total. The van der Waals surface area contributed by atoms with Crippen LogP contribution in [0.5, 0.6) is 0 Å². The number of unbranched alkanes of at least 4 members (excludes halogenated alkanes) is 1. The fourth-order valence-corrected chi connectivity index (χ4v) is 5.05. The predicted octanol–water partition coefficient (Wildman–Crippen LogP) is 6.11. The number of aromatic nitrogens is 1. The number of amides is 4. The first-order valence-electron chi connectivity index (χ1n) is 16.0. The van der Waals surface area contributed by atoms with Crippen LogP contribution in [0, 0.1) is 0 Å². The van der Waals surface area contributed by atoms with Gasteiger partial charge in [0.2, 0.25) is 0 Å². The van der Waals surface area contributed by atoms with E-state index in [1.54, 1.807) is 57.3 Å². The number of morpholine rings is 1. The summed E-state index contributed by atoms with van der Waals surface area (Å²) in [5.74, 6) is -0.441. The number of hydrogen-bond donors (Lipinski definition) is 4. The van der Waals surface area contributed by atoms with E-state index in [1.807, 2.05) is 49.3 Å². The standard InChI is InChI=1S/C35H47N7O5/c1-35(2,3)47-34(45)40-30-12-7-6-11-29(30)38-32(43)31-18-13-25(24-36-31)28(10-8-9-19-42-20-22-46-23-21-42)39-33(44)37-26-14-16-27(17-15-26)41(4)5/h6-7,11-18,24,28H,8-10,19-23H2,1-5H3,(H,38,43)(H,40,45)(H2,37,39,44). The summed E-state index contributed by atoms with van der Waals surface area (Å²) >= 11 is 0. The molecule has 3 aromatic rings. The topological polar surface area (TPSA) is 137 Å². The molecule has 4 rings (SSSR count). The van der Waals surface area contributed by atoms with E-state index in [0.717, 1.165) is 56.9 Å². The summed E-state index contributed by atoms with van der Waals surface area (Å²) in [7, 11) is 3.93. The molecular formula is C35H47N7O5. The molecule has 47 heavy (non-hydrogen) atoms. The van der Waals surface area contributed by atoms with Gasteiger partial charge < -0.3 is 30.3 Å². The minimum absolute atomic E-state index is 0.192. The molecule has 1 atom stereocenters. The molecule has 0 saturated carbocycles. The monoisotopic (exact) mass is 645 g/mol.